The summed E-state index contributed by atoms with van der Waals surface area (Å²) in [5, 5.41) is 1.19. The number of H-pyrrole nitrogens is 1. The lowest BCUT2D eigenvalue weighted by molar-refractivity contribution is -0.130. The Morgan fingerprint density at radius 2 is 2.00 bits per heavy atom. The molecule has 5 heteroatoms. The Morgan fingerprint density at radius 1 is 1.19 bits per heavy atom. The fraction of sp³-hybridized carbons (Fsp3) is 0.190. The van der Waals surface area contributed by atoms with Gasteiger partial charge in [0.15, 0.2) is 0 Å². The van der Waals surface area contributed by atoms with Crippen LogP contribution in [0.5, 0.6) is 0 Å². The lowest BCUT2D eigenvalue weighted by Crippen LogP contribution is -2.35. The molecular weight excluding hydrogens is 395 g/mol. The molecule has 3 aromatic rings. The smallest absolute Gasteiger partial charge is 0.227 e. The maximum atomic E-state index is 13.0. The highest BCUT2D eigenvalue weighted by molar-refractivity contribution is 9.10. The lowest BCUT2D eigenvalue weighted by Gasteiger charge is -2.26. The van der Waals surface area contributed by atoms with Crippen LogP contribution in [-0.4, -0.2) is 28.9 Å². The Hall–Kier alpha value is -2.40. The second kappa shape index (κ2) is 7.08. The van der Waals surface area contributed by atoms with Gasteiger partial charge in [-0.15, -0.1) is 0 Å². The number of rotatable bonds is 3. The van der Waals surface area contributed by atoms with Crippen LogP contribution in [0.25, 0.3) is 16.5 Å². The van der Waals surface area contributed by atoms with Gasteiger partial charge in [0.25, 0.3) is 0 Å². The molecule has 0 bridgehead atoms. The molecule has 132 valence electrons. The molecule has 1 amide bonds. The van der Waals surface area contributed by atoms with Gasteiger partial charge in [0, 0.05) is 40.2 Å². The highest BCUT2D eigenvalue weighted by Crippen LogP contribution is 2.31. The van der Waals surface area contributed by atoms with Crippen molar-refractivity contribution in [2.45, 2.75) is 12.8 Å². The molecule has 3 nitrogen and oxygen atoms in total. The number of fused-ring (bicyclic) bond motifs is 1. The molecule has 2 aromatic carbocycles. The molecule has 0 fully saturated rings. The normalized spacial score (nSPS) is 14.5. The second-order valence-corrected chi connectivity index (χ2v) is 7.43. The summed E-state index contributed by atoms with van der Waals surface area (Å²) in [6.07, 6.45) is 5.31. The minimum Gasteiger partial charge on any atom is -0.361 e. The van der Waals surface area contributed by atoms with E-state index in [1.807, 2.05) is 17.2 Å². The van der Waals surface area contributed by atoms with E-state index in [1.54, 1.807) is 12.1 Å². The molecule has 1 N–H and O–H groups in total. The first-order valence-corrected chi connectivity index (χ1v) is 9.38. The van der Waals surface area contributed by atoms with Gasteiger partial charge < -0.3 is 9.88 Å². The van der Waals surface area contributed by atoms with E-state index < -0.39 is 0 Å². The quantitative estimate of drug-likeness (QED) is 0.650. The number of aromatic nitrogens is 1. The van der Waals surface area contributed by atoms with Crippen LogP contribution in [-0.2, 0) is 11.2 Å². The van der Waals surface area contributed by atoms with Crippen LogP contribution in [0.3, 0.4) is 0 Å². The maximum absolute atomic E-state index is 13.0. The van der Waals surface area contributed by atoms with Crippen molar-refractivity contribution in [3.8, 4) is 0 Å². The fourth-order valence-corrected chi connectivity index (χ4v) is 3.75. The van der Waals surface area contributed by atoms with Crippen LogP contribution in [0, 0.1) is 5.82 Å². The van der Waals surface area contributed by atoms with E-state index in [0.29, 0.717) is 19.5 Å². The van der Waals surface area contributed by atoms with Crippen molar-refractivity contribution in [1.82, 2.24) is 9.88 Å². The number of nitrogens with one attached hydrogen (secondary N) is 1. The number of carbonyl (C=O) groups is 1. The van der Waals surface area contributed by atoms with Gasteiger partial charge in [-0.3, -0.25) is 4.79 Å². The molecule has 0 atom stereocenters. The molecule has 0 saturated heterocycles. The zero-order valence-electron chi connectivity index (χ0n) is 14.1. The number of amides is 1. The number of aromatic amines is 1. The van der Waals surface area contributed by atoms with E-state index in [2.05, 4.69) is 39.1 Å². The van der Waals surface area contributed by atoms with Gasteiger partial charge in [0.2, 0.25) is 5.91 Å². The predicted octanol–water partition coefficient (Wildman–Crippen LogP) is 4.93. The highest BCUT2D eigenvalue weighted by atomic mass is 79.9. The van der Waals surface area contributed by atoms with E-state index in [1.165, 1.54) is 28.7 Å². The summed E-state index contributed by atoms with van der Waals surface area (Å²) in [5.74, 6) is -0.203. The molecule has 1 aliphatic rings. The third-order valence-electron chi connectivity index (χ3n) is 4.82. The summed E-state index contributed by atoms with van der Waals surface area (Å²) in [4.78, 5) is 17.7. The van der Waals surface area contributed by atoms with Gasteiger partial charge in [-0.25, -0.2) is 4.39 Å². The molecule has 0 radical (unpaired) electrons. The van der Waals surface area contributed by atoms with Gasteiger partial charge in [0.05, 0.1) is 6.42 Å². The molecule has 0 unspecified atom stereocenters. The van der Waals surface area contributed by atoms with Crippen molar-refractivity contribution in [2.24, 2.45) is 0 Å². The minimum atomic E-state index is -0.280. The monoisotopic (exact) mass is 412 g/mol. The first-order chi connectivity index (χ1) is 12.6. The summed E-state index contributed by atoms with van der Waals surface area (Å²) >= 11 is 3.53. The number of halogens is 2. The van der Waals surface area contributed by atoms with Crippen LogP contribution < -0.4 is 0 Å². The van der Waals surface area contributed by atoms with E-state index in [-0.39, 0.29) is 11.7 Å². The standard InChI is InChI=1S/C21H18BrFN2O/c22-16-3-6-20-18(12-16)19(13-24-20)15-7-9-25(10-8-15)21(26)11-14-1-4-17(23)5-2-14/h1-7,12-13,24H,8-11H2. The molecule has 0 spiro atoms. The van der Waals surface area contributed by atoms with Gasteiger partial charge in [-0.05, 0) is 47.9 Å². The number of hydrogen-bond donors (Lipinski definition) is 1. The Balaban J connectivity index is 1.48. The van der Waals surface area contributed by atoms with Crippen LogP contribution in [0.2, 0.25) is 0 Å². The summed E-state index contributed by atoms with van der Waals surface area (Å²) in [7, 11) is 0. The van der Waals surface area contributed by atoms with E-state index in [0.717, 1.165) is 22.0 Å². The average molecular weight is 413 g/mol. The SMILES string of the molecule is O=C(Cc1ccc(F)cc1)N1CC=C(c2c[nH]c3ccc(Br)cc23)CC1. The third-order valence-corrected chi connectivity index (χ3v) is 5.31. The van der Waals surface area contributed by atoms with Gasteiger partial charge in [-0.2, -0.15) is 0 Å². The molecule has 2 heterocycles. The zero-order chi connectivity index (χ0) is 18.1. The van der Waals surface area contributed by atoms with Crippen molar-refractivity contribution in [3.63, 3.8) is 0 Å². The predicted molar refractivity (Wildman–Crippen MR) is 105 cm³/mol. The Kier molecular flexibility index (Phi) is 4.64. The third kappa shape index (κ3) is 3.44. The fourth-order valence-electron chi connectivity index (χ4n) is 3.39. The summed E-state index contributed by atoms with van der Waals surface area (Å²) in [6.45, 7) is 1.31. The Labute approximate surface area is 159 Å². The highest BCUT2D eigenvalue weighted by Gasteiger charge is 2.19. The zero-order valence-corrected chi connectivity index (χ0v) is 15.7. The lowest BCUT2D eigenvalue weighted by atomic mass is 9.98. The van der Waals surface area contributed by atoms with Gasteiger partial charge >= 0.3 is 0 Å². The largest absolute Gasteiger partial charge is 0.361 e. The van der Waals surface area contributed by atoms with Crippen molar-refractivity contribution < 1.29 is 9.18 Å². The average Bonchev–Trinajstić information content (AvgIpc) is 3.06. The Morgan fingerprint density at radius 3 is 2.73 bits per heavy atom. The number of carbonyl (C=O) groups excluding carboxylic acids is 1. The molecule has 1 aliphatic heterocycles. The van der Waals surface area contributed by atoms with Crippen LogP contribution >= 0.6 is 15.9 Å². The molecular formula is C21H18BrFN2O. The van der Waals surface area contributed by atoms with Crippen LogP contribution in [0.15, 0.2) is 59.2 Å². The molecule has 0 saturated carbocycles. The molecule has 0 aliphatic carbocycles. The van der Waals surface area contributed by atoms with E-state index >= 15 is 0 Å². The number of nitrogens with zero attached hydrogens (tertiary/aromatic N) is 1. The number of hydrogen-bond acceptors (Lipinski definition) is 1. The Bertz CT molecular complexity index is 991. The summed E-state index contributed by atoms with van der Waals surface area (Å²) < 4.78 is 14.0. The van der Waals surface area contributed by atoms with Crippen molar-refractivity contribution in [2.75, 3.05) is 13.1 Å². The van der Waals surface area contributed by atoms with Crippen molar-refractivity contribution >= 4 is 38.3 Å². The minimum absolute atomic E-state index is 0.0774. The van der Waals surface area contributed by atoms with Gasteiger partial charge in [-0.1, -0.05) is 34.1 Å². The van der Waals surface area contributed by atoms with Crippen molar-refractivity contribution in [1.29, 1.82) is 0 Å². The topological polar surface area (TPSA) is 36.1 Å². The first-order valence-electron chi connectivity index (χ1n) is 8.58. The maximum Gasteiger partial charge on any atom is 0.227 e. The molecule has 4 rings (SSSR count). The summed E-state index contributed by atoms with van der Waals surface area (Å²) in [5.41, 5.74) is 4.42. The number of benzene rings is 2. The second-order valence-electron chi connectivity index (χ2n) is 6.51. The summed E-state index contributed by atoms with van der Waals surface area (Å²) in [6, 6.07) is 12.3. The van der Waals surface area contributed by atoms with E-state index in [9.17, 15) is 9.18 Å². The van der Waals surface area contributed by atoms with E-state index in [4.69, 9.17) is 0 Å². The van der Waals surface area contributed by atoms with Gasteiger partial charge in [0.1, 0.15) is 5.82 Å². The molecule has 26 heavy (non-hydrogen) atoms. The van der Waals surface area contributed by atoms with Crippen LogP contribution in [0.1, 0.15) is 17.5 Å². The van der Waals surface area contributed by atoms with Crippen LogP contribution in [0.4, 0.5) is 4.39 Å². The first kappa shape index (κ1) is 17.0. The molecule has 1 aromatic heterocycles. The van der Waals surface area contributed by atoms with Crippen molar-refractivity contribution in [3.05, 3.63) is 76.2 Å².